The molecule has 1 atom stereocenters. The first kappa shape index (κ1) is 18.9. The zero-order chi connectivity index (χ0) is 20.1. The van der Waals surface area contributed by atoms with Gasteiger partial charge in [0.1, 0.15) is 11.8 Å². The Labute approximate surface area is 161 Å². The Bertz CT molecular complexity index is 1100. The molecule has 9 nitrogen and oxygen atoms in total. The number of rotatable bonds is 5. The molecule has 0 aliphatic carbocycles. The third-order valence-corrected chi connectivity index (χ3v) is 4.95. The lowest BCUT2D eigenvalue weighted by Gasteiger charge is -2.06. The molecule has 3 aromatic rings. The largest absolute Gasteiger partial charge is 0.506 e. The van der Waals surface area contributed by atoms with Crippen LogP contribution in [0, 0.1) is 18.3 Å². The van der Waals surface area contributed by atoms with E-state index in [2.05, 4.69) is 20.4 Å². The van der Waals surface area contributed by atoms with Gasteiger partial charge >= 0.3 is 0 Å². The fraction of sp³-hybridized carbons (Fsp3) is 0.0556. The van der Waals surface area contributed by atoms with Gasteiger partial charge in [-0.15, -0.1) is 0 Å². The molecular weight excluding hydrogens is 382 g/mol. The van der Waals surface area contributed by atoms with Gasteiger partial charge in [-0.2, -0.15) is 5.26 Å². The number of aliphatic hydroxyl groups is 1. The van der Waals surface area contributed by atoms with E-state index in [4.69, 9.17) is 4.52 Å². The second kappa shape index (κ2) is 8.24. The molecule has 0 radical (unpaired) electrons. The van der Waals surface area contributed by atoms with Gasteiger partial charge in [0, 0.05) is 17.3 Å². The van der Waals surface area contributed by atoms with Gasteiger partial charge in [0.2, 0.25) is 5.95 Å². The number of carbonyl (C=O) groups excluding carboxylic acids is 1. The van der Waals surface area contributed by atoms with E-state index in [1.807, 2.05) is 6.07 Å². The van der Waals surface area contributed by atoms with Crippen LogP contribution in [-0.2, 0) is 15.6 Å². The van der Waals surface area contributed by atoms with Crippen molar-refractivity contribution in [2.24, 2.45) is 0 Å². The number of aromatic nitrogens is 3. The number of aliphatic hydroxyl groups excluding tert-OH is 1. The molecule has 10 heteroatoms. The topological polar surface area (TPSA) is 142 Å². The van der Waals surface area contributed by atoms with Crippen LogP contribution in [-0.4, -0.2) is 30.3 Å². The van der Waals surface area contributed by atoms with Crippen molar-refractivity contribution in [1.82, 2.24) is 15.1 Å². The monoisotopic (exact) mass is 395 g/mol. The summed E-state index contributed by atoms with van der Waals surface area (Å²) in [5, 5.41) is 25.2. The Morgan fingerprint density at radius 2 is 1.86 bits per heavy atom. The van der Waals surface area contributed by atoms with Crippen molar-refractivity contribution in [1.29, 1.82) is 5.26 Å². The molecule has 0 aliphatic heterocycles. The Kier molecular flexibility index (Phi) is 5.57. The molecule has 0 aliphatic rings. The number of nitrogens with one attached hydrogen (secondary N) is 1. The van der Waals surface area contributed by atoms with Gasteiger partial charge in [-0.3, -0.25) is 10.1 Å². The number of hydrogen-bond acceptors (Lipinski definition) is 8. The summed E-state index contributed by atoms with van der Waals surface area (Å²) >= 11 is 0. The Hall–Kier alpha value is -3.84. The Balaban J connectivity index is 1.78. The van der Waals surface area contributed by atoms with Crippen LogP contribution in [0.5, 0.6) is 0 Å². The van der Waals surface area contributed by atoms with Crippen LogP contribution < -0.4 is 5.32 Å². The molecule has 2 N–H and O–H groups in total. The summed E-state index contributed by atoms with van der Waals surface area (Å²) in [7, 11) is -1.47. The molecular formula is C18H13N5O4S. The molecule has 3 rings (SSSR count). The van der Waals surface area contributed by atoms with E-state index in [1.54, 1.807) is 30.3 Å². The van der Waals surface area contributed by atoms with E-state index in [0.717, 1.165) is 0 Å². The summed E-state index contributed by atoms with van der Waals surface area (Å²) in [6.45, 7) is 1.53. The molecule has 0 saturated carbocycles. The van der Waals surface area contributed by atoms with Crippen LogP contribution in [0.2, 0.25) is 0 Å². The van der Waals surface area contributed by atoms with Gasteiger partial charge in [0.25, 0.3) is 5.91 Å². The minimum atomic E-state index is -1.47. The quantitative estimate of drug-likeness (QED) is 0.381. The fourth-order valence-electron chi connectivity index (χ4n) is 2.19. The van der Waals surface area contributed by atoms with Crippen LogP contribution in [0.4, 0.5) is 5.95 Å². The number of carbonyl (C=O) groups is 1. The first-order valence-electron chi connectivity index (χ1n) is 7.86. The minimum Gasteiger partial charge on any atom is -0.506 e. The summed E-state index contributed by atoms with van der Waals surface area (Å²) in [5.74, 6) is -1.33. The summed E-state index contributed by atoms with van der Waals surface area (Å²) < 4.78 is 17.2. The van der Waals surface area contributed by atoms with Gasteiger partial charge in [0.15, 0.2) is 11.3 Å². The lowest BCUT2D eigenvalue weighted by atomic mass is 10.1. The van der Waals surface area contributed by atoms with Gasteiger partial charge in [-0.05, 0) is 19.1 Å². The maximum Gasteiger partial charge on any atom is 0.272 e. The highest BCUT2D eigenvalue weighted by Gasteiger charge is 2.20. The highest BCUT2D eigenvalue weighted by molar-refractivity contribution is 7.85. The molecule has 0 fully saturated rings. The van der Waals surface area contributed by atoms with Gasteiger partial charge in [-0.1, -0.05) is 23.4 Å². The molecule has 28 heavy (non-hydrogen) atoms. The molecule has 2 aromatic heterocycles. The number of nitriles is 1. The predicted molar refractivity (Wildman–Crippen MR) is 98.2 cm³/mol. The standard InChI is InChI=1S/C18H13N5O4S/c1-11-15(10-22-27-11)16(24)14(7-19)17(25)23-18-20-8-13(9-21-18)28(26)12-5-3-2-4-6-12/h2-6,8-10,24H,1H3,(H,20,21,23,25). The van der Waals surface area contributed by atoms with Gasteiger partial charge in [-0.25, -0.2) is 14.2 Å². The van der Waals surface area contributed by atoms with E-state index < -0.39 is 28.0 Å². The van der Waals surface area contributed by atoms with Crippen molar-refractivity contribution in [3.63, 3.8) is 0 Å². The third-order valence-electron chi connectivity index (χ3n) is 3.61. The molecule has 0 bridgehead atoms. The average Bonchev–Trinajstić information content (AvgIpc) is 3.15. The number of anilines is 1. The maximum absolute atomic E-state index is 12.4. The van der Waals surface area contributed by atoms with Gasteiger partial charge in [0.05, 0.1) is 27.5 Å². The smallest absolute Gasteiger partial charge is 0.272 e. The van der Waals surface area contributed by atoms with Crippen molar-refractivity contribution < 1.29 is 18.6 Å². The van der Waals surface area contributed by atoms with E-state index in [9.17, 15) is 19.4 Å². The van der Waals surface area contributed by atoms with E-state index >= 15 is 0 Å². The average molecular weight is 395 g/mol. The fourth-order valence-corrected chi connectivity index (χ4v) is 3.17. The number of nitrogens with zero attached hydrogens (tertiary/aromatic N) is 4. The summed E-state index contributed by atoms with van der Waals surface area (Å²) in [6.07, 6.45) is 3.82. The minimum absolute atomic E-state index is 0.110. The lowest BCUT2D eigenvalue weighted by molar-refractivity contribution is -0.112. The van der Waals surface area contributed by atoms with Crippen molar-refractivity contribution in [3.05, 3.63) is 65.8 Å². The van der Waals surface area contributed by atoms with Crippen LogP contribution in [0.15, 0.2) is 68.8 Å². The second-order valence-electron chi connectivity index (χ2n) is 5.41. The molecule has 140 valence electrons. The van der Waals surface area contributed by atoms with Crippen molar-refractivity contribution in [2.75, 3.05) is 5.32 Å². The van der Waals surface area contributed by atoms with Crippen molar-refractivity contribution in [3.8, 4) is 6.07 Å². The number of hydrogen-bond donors (Lipinski definition) is 2. The highest BCUT2D eigenvalue weighted by atomic mass is 32.2. The van der Waals surface area contributed by atoms with E-state index in [0.29, 0.717) is 9.79 Å². The number of benzene rings is 1. The molecule has 1 unspecified atom stereocenters. The molecule has 1 amide bonds. The summed E-state index contributed by atoms with van der Waals surface area (Å²) in [6, 6.07) is 10.4. The zero-order valence-corrected chi connectivity index (χ0v) is 15.3. The second-order valence-corrected chi connectivity index (χ2v) is 6.89. The zero-order valence-electron chi connectivity index (χ0n) is 14.5. The maximum atomic E-state index is 12.4. The number of aryl methyl sites for hydroxylation is 1. The van der Waals surface area contributed by atoms with Crippen LogP contribution in [0.3, 0.4) is 0 Å². The SMILES string of the molecule is Cc1oncc1C(O)=C(C#N)C(=O)Nc1ncc(S(=O)c2ccccc2)cn1. The molecule has 1 aromatic carbocycles. The molecule has 0 spiro atoms. The molecule has 2 heterocycles. The molecule has 0 saturated heterocycles. The Morgan fingerprint density at radius 1 is 1.18 bits per heavy atom. The first-order chi connectivity index (χ1) is 13.5. The van der Waals surface area contributed by atoms with Crippen LogP contribution >= 0.6 is 0 Å². The first-order valence-corrected chi connectivity index (χ1v) is 9.01. The van der Waals surface area contributed by atoms with Crippen molar-refractivity contribution >= 4 is 28.4 Å². The summed E-state index contributed by atoms with van der Waals surface area (Å²) in [5.41, 5.74) is -0.423. The predicted octanol–water partition coefficient (Wildman–Crippen LogP) is 2.37. The lowest BCUT2D eigenvalue weighted by Crippen LogP contribution is -2.17. The Morgan fingerprint density at radius 3 is 2.43 bits per heavy atom. The number of amides is 1. The van der Waals surface area contributed by atoms with Gasteiger partial charge < -0.3 is 9.63 Å². The van der Waals surface area contributed by atoms with Crippen LogP contribution in [0.25, 0.3) is 5.76 Å². The third kappa shape index (κ3) is 3.94. The van der Waals surface area contributed by atoms with Crippen LogP contribution in [0.1, 0.15) is 11.3 Å². The van der Waals surface area contributed by atoms with E-state index in [-0.39, 0.29) is 17.3 Å². The normalized spacial score (nSPS) is 12.6. The van der Waals surface area contributed by atoms with Crippen molar-refractivity contribution in [2.45, 2.75) is 16.7 Å². The highest BCUT2D eigenvalue weighted by Crippen LogP contribution is 2.20. The summed E-state index contributed by atoms with van der Waals surface area (Å²) in [4.78, 5) is 21.1. The van der Waals surface area contributed by atoms with E-state index in [1.165, 1.54) is 25.5 Å².